The average molecular weight is 422 g/mol. The molecule has 0 aliphatic rings. The molecular formula is C17H25ClNO7P. The average Bonchev–Trinajstić information content (AvgIpc) is 2.60. The summed E-state index contributed by atoms with van der Waals surface area (Å²) in [7, 11) is -0.864. The van der Waals surface area contributed by atoms with Crippen molar-refractivity contribution in [2.24, 2.45) is 0 Å². The number of halogens is 1. The van der Waals surface area contributed by atoms with E-state index in [-0.39, 0.29) is 19.6 Å². The second kappa shape index (κ2) is 11.3. The fourth-order valence-corrected chi connectivity index (χ4v) is 4.11. The molecule has 10 heteroatoms. The number of methoxy groups -OCH3 is 2. The summed E-state index contributed by atoms with van der Waals surface area (Å²) >= 11 is 6.09. The van der Waals surface area contributed by atoms with E-state index in [1.807, 2.05) is 0 Å². The van der Waals surface area contributed by atoms with Crippen LogP contribution >= 0.6 is 19.2 Å². The molecule has 0 aromatic heterocycles. The van der Waals surface area contributed by atoms with Crippen LogP contribution in [0.25, 0.3) is 0 Å². The maximum Gasteiger partial charge on any atom is 0.340 e. The fraction of sp³-hybridized carbons (Fsp3) is 0.529. The van der Waals surface area contributed by atoms with Gasteiger partial charge in [-0.25, -0.2) is 4.79 Å². The van der Waals surface area contributed by atoms with Gasteiger partial charge in [-0.3, -0.25) is 9.36 Å². The van der Waals surface area contributed by atoms with Crippen molar-refractivity contribution in [3.63, 3.8) is 0 Å². The van der Waals surface area contributed by atoms with Crippen molar-refractivity contribution in [3.05, 3.63) is 28.8 Å². The minimum atomic E-state index is -3.57. The number of esters is 1. The van der Waals surface area contributed by atoms with Crippen LogP contribution in [0, 0.1) is 0 Å². The van der Waals surface area contributed by atoms with Crippen LogP contribution in [-0.2, 0) is 34.4 Å². The number of hydrogen-bond donors (Lipinski definition) is 1. The van der Waals surface area contributed by atoms with Gasteiger partial charge in [0.05, 0.1) is 32.5 Å². The summed E-state index contributed by atoms with van der Waals surface area (Å²) in [6.07, 6.45) is -0.360. The lowest BCUT2D eigenvalue weighted by Gasteiger charge is -2.20. The van der Waals surface area contributed by atoms with Gasteiger partial charge in [-0.15, -0.1) is 0 Å². The number of nitrogens with one attached hydrogen (secondary N) is 1. The summed E-state index contributed by atoms with van der Waals surface area (Å²) in [4.78, 5) is 24.4. The Bertz CT molecular complexity index is 688. The Morgan fingerprint density at radius 1 is 1.19 bits per heavy atom. The molecule has 1 aromatic rings. The first-order valence-corrected chi connectivity index (χ1v) is 10.5. The van der Waals surface area contributed by atoms with Gasteiger partial charge in [0.15, 0.2) is 0 Å². The summed E-state index contributed by atoms with van der Waals surface area (Å²) in [6.45, 7) is 3.56. The van der Waals surface area contributed by atoms with Crippen molar-refractivity contribution in [3.8, 4) is 5.75 Å². The Labute approximate surface area is 164 Å². The third-order valence-corrected chi connectivity index (χ3v) is 5.74. The molecule has 1 N–H and O–H groups in total. The predicted octanol–water partition coefficient (Wildman–Crippen LogP) is 2.82. The Kier molecular flexibility index (Phi) is 9.80. The molecular weight excluding hydrogens is 397 g/mol. The van der Waals surface area contributed by atoms with E-state index in [0.29, 0.717) is 16.3 Å². The first-order chi connectivity index (χ1) is 12.8. The lowest BCUT2D eigenvalue weighted by Crippen LogP contribution is -2.44. The van der Waals surface area contributed by atoms with Crippen molar-refractivity contribution in [2.45, 2.75) is 26.3 Å². The molecule has 0 saturated heterocycles. The SMILES string of the molecule is CCOP(=O)(CC(=O)NC(Cc1ccc(OC)c(Cl)c1)C(=O)OC)OCC. The van der Waals surface area contributed by atoms with E-state index < -0.39 is 31.7 Å². The number of carbonyl (C=O) groups excluding carboxylic acids is 2. The third kappa shape index (κ3) is 7.50. The highest BCUT2D eigenvalue weighted by molar-refractivity contribution is 7.54. The zero-order valence-corrected chi connectivity index (χ0v) is 17.5. The zero-order chi connectivity index (χ0) is 20.4. The molecule has 1 rings (SSSR count). The van der Waals surface area contributed by atoms with Crippen LogP contribution < -0.4 is 10.1 Å². The van der Waals surface area contributed by atoms with E-state index in [1.54, 1.807) is 32.0 Å². The van der Waals surface area contributed by atoms with E-state index in [1.165, 1.54) is 14.2 Å². The third-order valence-electron chi connectivity index (χ3n) is 3.47. The molecule has 0 fully saturated rings. The fourth-order valence-electron chi connectivity index (χ4n) is 2.35. The lowest BCUT2D eigenvalue weighted by molar-refractivity contribution is -0.144. The molecule has 0 aliphatic carbocycles. The van der Waals surface area contributed by atoms with Crippen molar-refractivity contribution in [2.75, 3.05) is 33.6 Å². The van der Waals surface area contributed by atoms with Crippen molar-refractivity contribution >= 4 is 31.1 Å². The van der Waals surface area contributed by atoms with Gasteiger partial charge in [0.2, 0.25) is 5.91 Å². The van der Waals surface area contributed by atoms with E-state index in [9.17, 15) is 14.2 Å². The van der Waals surface area contributed by atoms with Crippen LogP contribution in [0.15, 0.2) is 18.2 Å². The van der Waals surface area contributed by atoms with E-state index in [0.717, 1.165) is 0 Å². The summed E-state index contributed by atoms with van der Waals surface area (Å²) in [5, 5.41) is 2.89. The summed E-state index contributed by atoms with van der Waals surface area (Å²) < 4.78 is 32.5. The van der Waals surface area contributed by atoms with Crippen molar-refractivity contribution in [1.82, 2.24) is 5.32 Å². The van der Waals surface area contributed by atoms with Crippen LogP contribution in [0.3, 0.4) is 0 Å². The minimum absolute atomic E-state index is 0.134. The second-order valence-corrected chi connectivity index (χ2v) is 7.88. The largest absolute Gasteiger partial charge is 0.495 e. The first kappa shape index (κ1) is 23.4. The molecule has 27 heavy (non-hydrogen) atoms. The van der Waals surface area contributed by atoms with Gasteiger partial charge in [-0.2, -0.15) is 0 Å². The van der Waals surface area contributed by atoms with Gasteiger partial charge in [-0.1, -0.05) is 17.7 Å². The topological polar surface area (TPSA) is 100 Å². The van der Waals surface area contributed by atoms with Gasteiger partial charge >= 0.3 is 13.6 Å². The smallest absolute Gasteiger partial charge is 0.340 e. The summed E-state index contributed by atoms with van der Waals surface area (Å²) in [6, 6.07) is 4.03. The van der Waals surface area contributed by atoms with Gasteiger partial charge < -0.3 is 23.8 Å². The molecule has 1 amide bonds. The van der Waals surface area contributed by atoms with Gasteiger partial charge in [-0.05, 0) is 31.5 Å². The zero-order valence-electron chi connectivity index (χ0n) is 15.8. The van der Waals surface area contributed by atoms with Crippen molar-refractivity contribution in [1.29, 1.82) is 0 Å². The van der Waals surface area contributed by atoms with Gasteiger partial charge in [0, 0.05) is 6.42 Å². The Morgan fingerprint density at radius 2 is 1.81 bits per heavy atom. The van der Waals surface area contributed by atoms with Crippen LogP contribution in [0.4, 0.5) is 0 Å². The summed E-state index contributed by atoms with van der Waals surface area (Å²) in [5.74, 6) is -0.790. The first-order valence-electron chi connectivity index (χ1n) is 8.36. The lowest BCUT2D eigenvalue weighted by atomic mass is 10.1. The van der Waals surface area contributed by atoms with E-state index in [2.05, 4.69) is 5.32 Å². The maximum atomic E-state index is 12.5. The molecule has 1 unspecified atom stereocenters. The van der Waals surface area contributed by atoms with E-state index >= 15 is 0 Å². The van der Waals surface area contributed by atoms with E-state index in [4.69, 9.17) is 30.1 Å². The Balaban J connectivity index is 2.88. The normalized spacial score (nSPS) is 12.3. The molecule has 0 heterocycles. The molecule has 1 atom stereocenters. The minimum Gasteiger partial charge on any atom is -0.495 e. The molecule has 0 aliphatic heterocycles. The molecule has 0 saturated carbocycles. The second-order valence-electron chi connectivity index (χ2n) is 5.42. The number of benzene rings is 1. The number of ether oxygens (including phenoxy) is 2. The van der Waals surface area contributed by atoms with Gasteiger partial charge in [0.25, 0.3) is 0 Å². The maximum absolute atomic E-state index is 12.5. The predicted molar refractivity (Wildman–Crippen MR) is 101 cm³/mol. The monoisotopic (exact) mass is 421 g/mol. The number of amides is 1. The molecule has 1 aromatic carbocycles. The Hall–Kier alpha value is -1.60. The highest BCUT2D eigenvalue weighted by Gasteiger charge is 2.30. The quantitative estimate of drug-likeness (QED) is 0.433. The standard InChI is InChI=1S/C17H25ClNO7P/c1-5-25-27(22,26-6-2)11-16(20)19-14(17(21)24-4)10-12-7-8-15(23-3)13(18)9-12/h7-9,14H,5-6,10-11H2,1-4H3,(H,19,20). The van der Waals surface area contributed by atoms with Crippen LogP contribution in [0.1, 0.15) is 19.4 Å². The van der Waals surface area contributed by atoms with Crippen LogP contribution in [-0.4, -0.2) is 51.5 Å². The number of carbonyl (C=O) groups is 2. The summed E-state index contributed by atoms with van der Waals surface area (Å²) in [5.41, 5.74) is 0.689. The molecule has 0 bridgehead atoms. The van der Waals surface area contributed by atoms with Crippen LogP contribution in [0.5, 0.6) is 5.75 Å². The molecule has 152 valence electrons. The number of hydrogen-bond acceptors (Lipinski definition) is 7. The highest BCUT2D eigenvalue weighted by Crippen LogP contribution is 2.47. The molecule has 0 radical (unpaired) electrons. The highest BCUT2D eigenvalue weighted by atomic mass is 35.5. The molecule has 0 spiro atoms. The van der Waals surface area contributed by atoms with Crippen molar-refractivity contribution < 1.29 is 32.7 Å². The van der Waals surface area contributed by atoms with Crippen LogP contribution in [0.2, 0.25) is 5.02 Å². The number of rotatable bonds is 11. The van der Waals surface area contributed by atoms with Gasteiger partial charge in [0.1, 0.15) is 18.0 Å². The molecule has 8 nitrogen and oxygen atoms in total. The Morgan fingerprint density at radius 3 is 2.30 bits per heavy atom.